The zero-order chi connectivity index (χ0) is 10.6. The van der Waals surface area contributed by atoms with Gasteiger partial charge in [-0.15, -0.1) is 0 Å². The summed E-state index contributed by atoms with van der Waals surface area (Å²) >= 11 is 0. The minimum absolute atomic E-state index is 0.563. The quantitative estimate of drug-likeness (QED) is 0.745. The van der Waals surface area contributed by atoms with Crippen LogP contribution in [0.15, 0.2) is 18.2 Å². The number of hydrogen-bond donors (Lipinski definition) is 1. The van der Waals surface area contributed by atoms with Crippen LogP contribution >= 0.6 is 0 Å². The molecule has 2 nitrogen and oxygen atoms in total. The van der Waals surface area contributed by atoms with Crippen LogP contribution in [0, 0.1) is 0 Å². The average Bonchev–Trinajstić information content (AvgIpc) is 2.20. The van der Waals surface area contributed by atoms with E-state index in [9.17, 15) is 0 Å². The van der Waals surface area contributed by atoms with Crippen LogP contribution < -0.4 is 10.5 Å². The summed E-state index contributed by atoms with van der Waals surface area (Å²) in [5, 5.41) is 0. The molecule has 0 heterocycles. The highest BCUT2D eigenvalue weighted by Crippen LogP contribution is 2.27. The van der Waals surface area contributed by atoms with Crippen molar-refractivity contribution < 1.29 is 4.74 Å². The van der Waals surface area contributed by atoms with Crippen molar-refractivity contribution in [2.24, 2.45) is 0 Å². The maximum Gasteiger partial charge on any atom is 0.142 e. The molecule has 14 heavy (non-hydrogen) atoms. The Labute approximate surface area is 86.1 Å². The van der Waals surface area contributed by atoms with Gasteiger partial charge in [0, 0.05) is 0 Å². The lowest BCUT2D eigenvalue weighted by Crippen LogP contribution is -1.99. The van der Waals surface area contributed by atoms with Gasteiger partial charge in [-0.05, 0) is 37.0 Å². The molecule has 1 atom stereocenters. The SMILES string of the molecule is CCOc1ccc(C(C)CC)cc1N. The van der Waals surface area contributed by atoms with Gasteiger partial charge in [-0.25, -0.2) is 0 Å². The molecular formula is C12H19NO. The number of hydrogen-bond acceptors (Lipinski definition) is 2. The van der Waals surface area contributed by atoms with Gasteiger partial charge >= 0.3 is 0 Å². The topological polar surface area (TPSA) is 35.2 Å². The van der Waals surface area contributed by atoms with E-state index in [1.807, 2.05) is 19.1 Å². The van der Waals surface area contributed by atoms with Gasteiger partial charge in [0.05, 0.1) is 12.3 Å². The van der Waals surface area contributed by atoms with Gasteiger partial charge < -0.3 is 10.5 Å². The largest absolute Gasteiger partial charge is 0.492 e. The van der Waals surface area contributed by atoms with E-state index in [1.54, 1.807) is 0 Å². The Hall–Kier alpha value is -1.18. The van der Waals surface area contributed by atoms with Gasteiger partial charge in [-0.2, -0.15) is 0 Å². The highest BCUT2D eigenvalue weighted by Gasteiger charge is 2.06. The van der Waals surface area contributed by atoms with E-state index in [4.69, 9.17) is 10.5 Å². The fourth-order valence-corrected chi connectivity index (χ4v) is 1.40. The fourth-order valence-electron chi connectivity index (χ4n) is 1.40. The van der Waals surface area contributed by atoms with Gasteiger partial charge in [0.15, 0.2) is 0 Å². The molecule has 0 spiro atoms. The van der Waals surface area contributed by atoms with Crippen molar-refractivity contribution >= 4 is 5.69 Å². The Morgan fingerprint density at radius 3 is 2.57 bits per heavy atom. The van der Waals surface area contributed by atoms with Crippen LogP contribution in [-0.2, 0) is 0 Å². The summed E-state index contributed by atoms with van der Waals surface area (Å²) in [5.41, 5.74) is 7.90. The van der Waals surface area contributed by atoms with Gasteiger partial charge in [0.1, 0.15) is 5.75 Å². The summed E-state index contributed by atoms with van der Waals surface area (Å²) in [6.07, 6.45) is 1.13. The summed E-state index contributed by atoms with van der Waals surface area (Å²) in [6.45, 7) is 7.00. The highest BCUT2D eigenvalue weighted by atomic mass is 16.5. The number of benzene rings is 1. The maximum absolute atomic E-state index is 5.87. The Kier molecular flexibility index (Phi) is 3.81. The molecule has 0 saturated carbocycles. The first-order chi connectivity index (χ1) is 6.69. The van der Waals surface area contributed by atoms with E-state index in [0.29, 0.717) is 12.5 Å². The zero-order valence-electron chi connectivity index (χ0n) is 9.21. The summed E-state index contributed by atoms with van der Waals surface area (Å²) in [4.78, 5) is 0. The number of rotatable bonds is 4. The van der Waals surface area contributed by atoms with Gasteiger partial charge in [0.2, 0.25) is 0 Å². The van der Waals surface area contributed by atoms with Crippen molar-refractivity contribution in [2.45, 2.75) is 33.1 Å². The second-order valence-corrected chi connectivity index (χ2v) is 3.54. The van der Waals surface area contributed by atoms with E-state index in [2.05, 4.69) is 19.9 Å². The molecule has 1 aromatic carbocycles. The lowest BCUT2D eigenvalue weighted by molar-refractivity contribution is 0.342. The van der Waals surface area contributed by atoms with Gasteiger partial charge in [0.25, 0.3) is 0 Å². The molecule has 0 radical (unpaired) electrons. The second kappa shape index (κ2) is 4.89. The van der Waals surface area contributed by atoms with Gasteiger partial charge in [-0.1, -0.05) is 19.9 Å². The van der Waals surface area contributed by atoms with Crippen molar-refractivity contribution in [2.75, 3.05) is 12.3 Å². The van der Waals surface area contributed by atoms with Crippen molar-refractivity contribution in [1.82, 2.24) is 0 Å². The first-order valence-corrected chi connectivity index (χ1v) is 5.21. The number of anilines is 1. The Balaban J connectivity index is 2.88. The normalized spacial score (nSPS) is 12.5. The predicted molar refractivity (Wildman–Crippen MR) is 60.7 cm³/mol. The van der Waals surface area contributed by atoms with E-state index in [0.717, 1.165) is 17.9 Å². The third-order valence-corrected chi connectivity index (χ3v) is 2.52. The molecule has 0 aliphatic rings. The summed E-state index contributed by atoms with van der Waals surface area (Å²) in [6, 6.07) is 6.06. The molecule has 2 N–H and O–H groups in total. The first-order valence-electron chi connectivity index (χ1n) is 5.21. The number of nitrogen functional groups attached to an aromatic ring is 1. The highest BCUT2D eigenvalue weighted by molar-refractivity contribution is 5.54. The van der Waals surface area contributed by atoms with Crippen molar-refractivity contribution in [1.29, 1.82) is 0 Å². The zero-order valence-corrected chi connectivity index (χ0v) is 9.21. The molecule has 1 aromatic rings. The van der Waals surface area contributed by atoms with E-state index < -0.39 is 0 Å². The van der Waals surface area contributed by atoms with Crippen LogP contribution in [0.4, 0.5) is 5.69 Å². The molecule has 1 rings (SSSR count). The molecule has 0 aliphatic heterocycles. The molecule has 0 amide bonds. The fraction of sp³-hybridized carbons (Fsp3) is 0.500. The van der Waals surface area contributed by atoms with Crippen LogP contribution in [0.3, 0.4) is 0 Å². The van der Waals surface area contributed by atoms with E-state index >= 15 is 0 Å². The standard InChI is InChI=1S/C12H19NO/c1-4-9(3)10-6-7-12(14-5-2)11(13)8-10/h6-9H,4-5,13H2,1-3H3. The predicted octanol–water partition coefficient (Wildman–Crippen LogP) is 3.18. The van der Waals surface area contributed by atoms with Crippen molar-refractivity contribution in [3.8, 4) is 5.75 Å². The first kappa shape index (κ1) is 10.9. The van der Waals surface area contributed by atoms with Crippen molar-refractivity contribution in [3.05, 3.63) is 23.8 Å². The third-order valence-electron chi connectivity index (χ3n) is 2.52. The molecule has 0 aromatic heterocycles. The summed E-state index contributed by atoms with van der Waals surface area (Å²) in [5.74, 6) is 1.35. The van der Waals surface area contributed by atoms with Gasteiger partial charge in [-0.3, -0.25) is 0 Å². The molecule has 0 aliphatic carbocycles. The second-order valence-electron chi connectivity index (χ2n) is 3.54. The lowest BCUT2D eigenvalue weighted by Gasteiger charge is -2.12. The molecular weight excluding hydrogens is 174 g/mol. The Bertz CT molecular complexity index is 296. The number of nitrogens with two attached hydrogens (primary N) is 1. The van der Waals surface area contributed by atoms with E-state index in [-0.39, 0.29) is 0 Å². The molecule has 2 heteroatoms. The van der Waals surface area contributed by atoms with Crippen LogP contribution in [0.25, 0.3) is 0 Å². The Morgan fingerprint density at radius 2 is 2.07 bits per heavy atom. The molecule has 78 valence electrons. The molecule has 0 bridgehead atoms. The maximum atomic E-state index is 5.87. The van der Waals surface area contributed by atoms with Crippen LogP contribution in [-0.4, -0.2) is 6.61 Å². The minimum Gasteiger partial charge on any atom is -0.492 e. The summed E-state index contributed by atoms with van der Waals surface area (Å²) < 4.78 is 5.38. The monoisotopic (exact) mass is 193 g/mol. The smallest absolute Gasteiger partial charge is 0.142 e. The molecule has 0 fully saturated rings. The van der Waals surface area contributed by atoms with Crippen LogP contribution in [0.2, 0.25) is 0 Å². The third kappa shape index (κ3) is 2.41. The lowest BCUT2D eigenvalue weighted by atomic mass is 9.98. The average molecular weight is 193 g/mol. The number of ether oxygens (including phenoxy) is 1. The molecule has 1 unspecified atom stereocenters. The Morgan fingerprint density at radius 1 is 1.36 bits per heavy atom. The van der Waals surface area contributed by atoms with Crippen molar-refractivity contribution in [3.63, 3.8) is 0 Å². The van der Waals surface area contributed by atoms with Crippen LogP contribution in [0.1, 0.15) is 38.7 Å². The van der Waals surface area contributed by atoms with E-state index in [1.165, 1.54) is 5.56 Å². The summed E-state index contributed by atoms with van der Waals surface area (Å²) in [7, 11) is 0. The van der Waals surface area contributed by atoms with Crippen LogP contribution in [0.5, 0.6) is 5.75 Å². The molecule has 0 saturated heterocycles. The minimum atomic E-state index is 0.563.